The van der Waals surface area contributed by atoms with Gasteiger partial charge in [-0.3, -0.25) is 10.1 Å². The smallest absolute Gasteiger partial charge is 0.449 e. The van der Waals surface area contributed by atoms with E-state index >= 15 is 0 Å². The molecule has 0 aliphatic rings. The summed E-state index contributed by atoms with van der Waals surface area (Å²) in [5, 5.41) is 19.4. The van der Waals surface area contributed by atoms with E-state index in [0.717, 1.165) is 0 Å². The monoisotopic (exact) mass is 259 g/mol. The normalized spacial score (nSPS) is 9.89. The lowest BCUT2D eigenvalue weighted by Gasteiger charge is -2.08. The van der Waals surface area contributed by atoms with Gasteiger partial charge in [0, 0.05) is 17.7 Å². The standard InChI is InChI=1S/C13H9NO5/c15-13(16)19-12-7-6-10(14(17)18)8-11(12)9-4-2-1-3-5-9/h1-8H,(H,15,16). The summed E-state index contributed by atoms with van der Waals surface area (Å²) in [6.07, 6.45) is -1.47. The highest BCUT2D eigenvalue weighted by Crippen LogP contribution is 2.33. The minimum absolute atomic E-state index is 0.0595. The van der Waals surface area contributed by atoms with Crippen molar-refractivity contribution in [2.24, 2.45) is 0 Å². The van der Waals surface area contributed by atoms with Gasteiger partial charge >= 0.3 is 6.16 Å². The van der Waals surface area contributed by atoms with E-state index in [1.165, 1.54) is 18.2 Å². The van der Waals surface area contributed by atoms with Crippen molar-refractivity contribution in [1.29, 1.82) is 0 Å². The second kappa shape index (κ2) is 5.18. The predicted octanol–water partition coefficient (Wildman–Crippen LogP) is 3.32. The lowest BCUT2D eigenvalue weighted by Crippen LogP contribution is -2.04. The summed E-state index contributed by atoms with van der Waals surface area (Å²) in [7, 11) is 0. The first-order valence-corrected chi connectivity index (χ1v) is 5.32. The molecule has 1 N–H and O–H groups in total. The number of nitrogens with zero attached hydrogens (tertiary/aromatic N) is 1. The molecule has 0 atom stereocenters. The van der Waals surface area contributed by atoms with Crippen LogP contribution in [0.5, 0.6) is 5.75 Å². The van der Waals surface area contributed by atoms with Gasteiger partial charge in [-0.05, 0) is 11.6 Å². The number of ether oxygens (including phenoxy) is 1. The van der Waals surface area contributed by atoms with Gasteiger partial charge in [0.2, 0.25) is 0 Å². The number of hydrogen-bond acceptors (Lipinski definition) is 4. The lowest BCUT2D eigenvalue weighted by molar-refractivity contribution is -0.384. The molecule has 0 aliphatic carbocycles. The van der Waals surface area contributed by atoms with Gasteiger partial charge in [0.25, 0.3) is 5.69 Å². The van der Waals surface area contributed by atoms with E-state index in [0.29, 0.717) is 11.1 Å². The van der Waals surface area contributed by atoms with Gasteiger partial charge in [0.15, 0.2) is 0 Å². The van der Waals surface area contributed by atoms with Crippen LogP contribution in [0.25, 0.3) is 11.1 Å². The van der Waals surface area contributed by atoms with Crippen molar-refractivity contribution >= 4 is 11.8 Å². The Bertz CT molecular complexity index is 624. The molecule has 6 nitrogen and oxygen atoms in total. The van der Waals surface area contributed by atoms with Crippen LogP contribution >= 0.6 is 0 Å². The van der Waals surface area contributed by atoms with Crippen LogP contribution in [0.4, 0.5) is 10.5 Å². The van der Waals surface area contributed by atoms with Crippen LogP contribution < -0.4 is 4.74 Å². The maximum Gasteiger partial charge on any atom is 0.511 e. The number of hydrogen-bond donors (Lipinski definition) is 1. The van der Waals surface area contributed by atoms with E-state index in [9.17, 15) is 14.9 Å². The maximum absolute atomic E-state index is 10.8. The number of nitro benzene ring substituents is 1. The Kier molecular flexibility index (Phi) is 3.42. The van der Waals surface area contributed by atoms with Crippen LogP contribution in [0.3, 0.4) is 0 Å². The SMILES string of the molecule is O=C(O)Oc1ccc([N+](=O)[O-])cc1-c1ccccc1. The van der Waals surface area contributed by atoms with E-state index in [4.69, 9.17) is 5.11 Å². The lowest BCUT2D eigenvalue weighted by atomic mass is 10.0. The van der Waals surface area contributed by atoms with E-state index in [1.54, 1.807) is 30.3 Å². The largest absolute Gasteiger partial charge is 0.511 e. The summed E-state index contributed by atoms with van der Waals surface area (Å²) >= 11 is 0. The third-order valence-electron chi connectivity index (χ3n) is 2.46. The van der Waals surface area contributed by atoms with E-state index in [-0.39, 0.29) is 11.4 Å². The summed E-state index contributed by atoms with van der Waals surface area (Å²) in [4.78, 5) is 20.8. The molecule has 19 heavy (non-hydrogen) atoms. The van der Waals surface area contributed by atoms with Gasteiger partial charge < -0.3 is 9.84 Å². The number of carboxylic acid groups (broad SMARTS) is 1. The molecule has 0 radical (unpaired) electrons. The highest BCUT2D eigenvalue weighted by atomic mass is 16.7. The molecule has 2 rings (SSSR count). The zero-order valence-corrected chi connectivity index (χ0v) is 9.65. The fourth-order valence-electron chi connectivity index (χ4n) is 1.66. The van der Waals surface area contributed by atoms with Gasteiger partial charge in [0.1, 0.15) is 5.75 Å². The number of rotatable bonds is 3. The molecule has 2 aromatic rings. The molecule has 0 bridgehead atoms. The molecule has 0 aromatic heterocycles. The summed E-state index contributed by atoms with van der Waals surface area (Å²) in [6, 6.07) is 12.5. The molecule has 0 heterocycles. The average molecular weight is 259 g/mol. The minimum atomic E-state index is -1.47. The van der Waals surface area contributed by atoms with Crippen molar-refractivity contribution in [3.8, 4) is 16.9 Å². The second-order valence-electron chi connectivity index (χ2n) is 3.67. The van der Waals surface area contributed by atoms with Gasteiger partial charge in [-0.1, -0.05) is 30.3 Å². The van der Waals surface area contributed by atoms with Crippen LogP contribution in [0.15, 0.2) is 48.5 Å². The van der Waals surface area contributed by atoms with Gasteiger partial charge in [-0.15, -0.1) is 0 Å². The molecule has 0 spiro atoms. The zero-order chi connectivity index (χ0) is 13.8. The topological polar surface area (TPSA) is 89.7 Å². The Morgan fingerprint density at radius 2 is 1.84 bits per heavy atom. The van der Waals surface area contributed by atoms with Crippen LogP contribution in [-0.2, 0) is 0 Å². The minimum Gasteiger partial charge on any atom is -0.449 e. The zero-order valence-electron chi connectivity index (χ0n) is 9.65. The van der Waals surface area contributed by atoms with E-state index in [2.05, 4.69) is 4.74 Å². The molecule has 96 valence electrons. The molecule has 0 saturated carbocycles. The van der Waals surface area contributed by atoms with Crippen LogP contribution in [0.1, 0.15) is 0 Å². The number of non-ortho nitro benzene ring substituents is 1. The van der Waals surface area contributed by atoms with Crippen LogP contribution in [-0.4, -0.2) is 16.2 Å². The van der Waals surface area contributed by atoms with E-state index in [1.807, 2.05) is 0 Å². The Hall–Kier alpha value is -2.89. The van der Waals surface area contributed by atoms with Crippen molar-refractivity contribution in [3.05, 3.63) is 58.6 Å². The summed E-state index contributed by atoms with van der Waals surface area (Å²) in [5.74, 6) is 0.0595. The van der Waals surface area contributed by atoms with Crippen molar-refractivity contribution in [2.75, 3.05) is 0 Å². The highest BCUT2D eigenvalue weighted by molar-refractivity contribution is 5.76. The molecule has 0 unspecified atom stereocenters. The molecule has 6 heteroatoms. The molecule has 0 saturated heterocycles. The molecular weight excluding hydrogens is 250 g/mol. The van der Waals surface area contributed by atoms with Gasteiger partial charge in [0.05, 0.1) is 4.92 Å². The van der Waals surface area contributed by atoms with Gasteiger partial charge in [-0.25, -0.2) is 4.79 Å². The summed E-state index contributed by atoms with van der Waals surface area (Å²) in [6.45, 7) is 0. The summed E-state index contributed by atoms with van der Waals surface area (Å²) < 4.78 is 4.63. The first kappa shape index (κ1) is 12.6. The van der Waals surface area contributed by atoms with Crippen molar-refractivity contribution in [2.45, 2.75) is 0 Å². The third kappa shape index (κ3) is 2.86. The Morgan fingerprint density at radius 1 is 1.16 bits per heavy atom. The molecule has 0 amide bonds. The van der Waals surface area contributed by atoms with Crippen LogP contribution in [0.2, 0.25) is 0 Å². The molecular formula is C13H9NO5. The van der Waals surface area contributed by atoms with Crippen molar-refractivity contribution in [1.82, 2.24) is 0 Å². The first-order chi connectivity index (χ1) is 9.08. The number of nitro groups is 1. The second-order valence-corrected chi connectivity index (χ2v) is 3.67. The molecule has 2 aromatic carbocycles. The Morgan fingerprint density at radius 3 is 2.42 bits per heavy atom. The maximum atomic E-state index is 10.8. The van der Waals surface area contributed by atoms with Crippen molar-refractivity contribution < 1.29 is 19.6 Å². The Labute approximate surface area is 108 Å². The van der Waals surface area contributed by atoms with Crippen molar-refractivity contribution in [3.63, 3.8) is 0 Å². The fraction of sp³-hybridized carbons (Fsp3) is 0. The quantitative estimate of drug-likeness (QED) is 0.395. The first-order valence-electron chi connectivity index (χ1n) is 5.32. The third-order valence-corrected chi connectivity index (χ3v) is 2.46. The number of benzene rings is 2. The molecule has 0 fully saturated rings. The summed E-state index contributed by atoms with van der Waals surface area (Å²) in [5.41, 5.74) is 0.872. The highest BCUT2D eigenvalue weighted by Gasteiger charge is 2.15. The van der Waals surface area contributed by atoms with Crippen LogP contribution in [0, 0.1) is 10.1 Å². The van der Waals surface area contributed by atoms with E-state index < -0.39 is 11.1 Å². The van der Waals surface area contributed by atoms with Gasteiger partial charge in [-0.2, -0.15) is 0 Å². The Balaban J connectivity index is 2.56. The number of carbonyl (C=O) groups is 1. The predicted molar refractivity (Wildman–Crippen MR) is 67.2 cm³/mol. The fourth-order valence-corrected chi connectivity index (χ4v) is 1.66. The average Bonchev–Trinajstić information content (AvgIpc) is 2.39. The molecule has 0 aliphatic heterocycles.